The molecule has 2 aromatic carbocycles. The van der Waals surface area contributed by atoms with Crippen molar-refractivity contribution in [2.24, 2.45) is 0 Å². The van der Waals surface area contributed by atoms with Gasteiger partial charge in [0.2, 0.25) is 0 Å². The fraction of sp³-hybridized carbons (Fsp3) is 0.368. The number of halogens is 1. The first-order valence-corrected chi connectivity index (χ1v) is 10.6. The van der Waals surface area contributed by atoms with E-state index in [9.17, 15) is 4.57 Å². The Bertz CT molecular complexity index is 748. The van der Waals surface area contributed by atoms with Crippen LogP contribution in [-0.4, -0.2) is 13.2 Å². The van der Waals surface area contributed by atoms with Gasteiger partial charge in [0, 0.05) is 4.47 Å². The minimum absolute atomic E-state index is 0.269. The van der Waals surface area contributed by atoms with Crippen LogP contribution in [0.25, 0.3) is 11.1 Å². The summed E-state index contributed by atoms with van der Waals surface area (Å²) in [5.74, 6) is 0. The Morgan fingerprint density at radius 1 is 0.958 bits per heavy atom. The molecule has 0 spiro atoms. The number of hydrogen-bond donors (Lipinski definition) is 0. The third kappa shape index (κ3) is 4.80. The van der Waals surface area contributed by atoms with Crippen molar-refractivity contribution < 1.29 is 13.6 Å². The molecule has 2 rings (SSSR count). The van der Waals surface area contributed by atoms with E-state index in [1.165, 1.54) is 11.1 Å². The molecule has 0 aliphatic rings. The van der Waals surface area contributed by atoms with Crippen LogP contribution < -0.4 is 0 Å². The van der Waals surface area contributed by atoms with Gasteiger partial charge in [-0.05, 0) is 62.1 Å². The van der Waals surface area contributed by atoms with Gasteiger partial charge < -0.3 is 9.05 Å². The van der Waals surface area contributed by atoms with Crippen molar-refractivity contribution in [3.05, 3.63) is 57.6 Å². The largest absolute Gasteiger partial charge is 0.335 e. The lowest BCUT2D eigenvalue weighted by molar-refractivity contribution is 0.219. The van der Waals surface area contributed by atoms with E-state index in [0.29, 0.717) is 13.2 Å². The van der Waals surface area contributed by atoms with Gasteiger partial charge in [-0.3, -0.25) is 4.57 Å². The summed E-state index contributed by atoms with van der Waals surface area (Å²) in [6.45, 7) is 8.56. The second-order valence-corrected chi connectivity index (χ2v) is 8.69. The summed E-state index contributed by atoms with van der Waals surface area (Å²) in [7, 11) is -3.15. The lowest BCUT2D eigenvalue weighted by Crippen LogP contribution is -2.01. The highest BCUT2D eigenvalue weighted by molar-refractivity contribution is 9.10. The second-order valence-electron chi connectivity index (χ2n) is 5.72. The van der Waals surface area contributed by atoms with E-state index in [-0.39, 0.29) is 6.16 Å². The molecule has 0 saturated heterocycles. The molecular formula is C19H24BrO3P. The van der Waals surface area contributed by atoms with E-state index < -0.39 is 7.60 Å². The first kappa shape index (κ1) is 19.4. The standard InChI is InChI=1S/C19H24BrO3P/c1-5-22-24(21,23-6-2)13-16-9-10-17(20)12-19(16)18-11-14(3)7-8-15(18)4/h7-12H,5-6,13H2,1-4H3. The zero-order chi connectivity index (χ0) is 17.7. The van der Waals surface area contributed by atoms with Crippen LogP contribution in [0.15, 0.2) is 40.9 Å². The zero-order valence-electron chi connectivity index (χ0n) is 14.6. The quantitative estimate of drug-likeness (QED) is 0.488. The molecule has 3 nitrogen and oxygen atoms in total. The van der Waals surface area contributed by atoms with E-state index in [4.69, 9.17) is 9.05 Å². The SMILES string of the molecule is CCOP(=O)(Cc1ccc(Br)cc1-c1cc(C)ccc1C)OCC. The maximum atomic E-state index is 12.9. The molecule has 0 aliphatic carbocycles. The number of hydrogen-bond acceptors (Lipinski definition) is 3. The Hall–Kier alpha value is -0.930. The maximum absolute atomic E-state index is 12.9. The van der Waals surface area contributed by atoms with Crippen LogP contribution >= 0.6 is 23.5 Å². The number of benzene rings is 2. The summed E-state index contributed by atoms with van der Waals surface area (Å²) < 4.78 is 24.9. The average molecular weight is 411 g/mol. The Labute approximate surface area is 153 Å². The maximum Gasteiger partial charge on any atom is 0.335 e. The van der Waals surface area contributed by atoms with Gasteiger partial charge in [-0.25, -0.2) is 0 Å². The number of rotatable bonds is 7. The van der Waals surface area contributed by atoms with Crippen molar-refractivity contribution in [2.45, 2.75) is 33.9 Å². The molecule has 0 saturated carbocycles. The lowest BCUT2D eigenvalue weighted by Gasteiger charge is -2.20. The van der Waals surface area contributed by atoms with Crippen LogP contribution in [0, 0.1) is 13.8 Å². The van der Waals surface area contributed by atoms with Gasteiger partial charge in [-0.15, -0.1) is 0 Å². The molecule has 24 heavy (non-hydrogen) atoms. The monoisotopic (exact) mass is 410 g/mol. The lowest BCUT2D eigenvalue weighted by atomic mass is 9.95. The highest BCUT2D eigenvalue weighted by Crippen LogP contribution is 2.52. The first-order valence-electron chi connectivity index (χ1n) is 8.12. The predicted molar refractivity (Wildman–Crippen MR) is 104 cm³/mol. The fourth-order valence-electron chi connectivity index (χ4n) is 2.69. The average Bonchev–Trinajstić information content (AvgIpc) is 2.52. The number of aryl methyl sites for hydroxylation is 2. The fourth-order valence-corrected chi connectivity index (χ4v) is 4.79. The molecular weight excluding hydrogens is 387 g/mol. The van der Waals surface area contributed by atoms with Crippen LogP contribution in [0.2, 0.25) is 0 Å². The topological polar surface area (TPSA) is 35.5 Å². The predicted octanol–water partition coefficient (Wildman–Crippen LogP) is 6.50. The summed E-state index contributed by atoms with van der Waals surface area (Å²) in [6.07, 6.45) is 0.269. The molecule has 0 bridgehead atoms. The molecule has 0 radical (unpaired) electrons. The van der Waals surface area contributed by atoms with E-state index in [1.807, 2.05) is 26.0 Å². The summed E-state index contributed by atoms with van der Waals surface area (Å²) in [5.41, 5.74) is 5.55. The van der Waals surface area contributed by atoms with Crippen molar-refractivity contribution in [2.75, 3.05) is 13.2 Å². The molecule has 130 valence electrons. The summed E-state index contributed by atoms with van der Waals surface area (Å²) in [4.78, 5) is 0. The van der Waals surface area contributed by atoms with Gasteiger partial charge in [-0.2, -0.15) is 0 Å². The summed E-state index contributed by atoms with van der Waals surface area (Å²) in [6, 6.07) is 12.4. The molecule has 0 atom stereocenters. The Balaban J connectivity index is 2.52. The first-order chi connectivity index (χ1) is 11.4. The van der Waals surface area contributed by atoms with Crippen molar-refractivity contribution in [1.29, 1.82) is 0 Å². The van der Waals surface area contributed by atoms with Crippen LogP contribution in [0.3, 0.4) is 0 Å². The minimum Gasteiger partial charge on any atom is -0.309 e. The molecule has 0 heterocycles. The highest BCUT2D eigenvalue weighted by atomic mass is 79.9. The molecule has 0 N–H and O–H groups in total. The van der Waals surface area contributed by atoms with Crippen molar-refractivity contribution in [3.8, 4) is 11.1 Å². The third-order valence-electron chi connectivity index (χ3n) is 3.77. The van der Waals surface area contributed by atoms with Gasteiger partial charge in [-0.1, -0.05) is 45.8 Å². The van der Waals surface area contributed by atoms with Crippen molar-refractivity contribution >= 4 is 23.5 Å². The normalized spacial score (nSPS) is 11.7. The minimum atomic E-state index is -3.15. The Kier molecular flexibility index (Phi) is 6.82. The Morgan fingerprint density at radius 2 is 1.62 bits per heavy atom. The molecule has 0 amide bonds. The highest BCUT2D eigenvalue weighted by Gasteiger charge is 2.26. The van der Waals surface area contributed by atoms with Crippen molar-refractivity contribution in [1.82, 2.24) is 0 Å². The molecule has 0 aliphatic heterocycles. The van der Waals surface area contributed by atoms with Gasteiger partial charge in [0.15, 0.2) is 0 Å². The second kappa shape index (κ2) is 8.44. The third-order valence-corrected chi connectivity index (χ3v) is 6.30. The Morgan fingerprint density at radius 3 is 2.25 bits per heavy atom. The molecule has 0 fully saturated rings. The van der Waals surface area contributed by atoms with E-state index in [2.05, 4.69) is 54.0 Å². The van der Waals surface area contributed by atoms with Gasteiger partial charge in [0.25, 0.3) is 0 Å². The van der Waals surface area contributed by atoms with Crippen LogP contribution in [0.4, 0.5) is 0 Å². The molecule has 0 aromatic heterocycles. The summed E-state index contributed by atoms with van der Waals surface area (Å²) in [5, 5.41) is 0. The van der Waals surface area contributed by atoms with Gasteiger partial charge in [0.05, 0.1) is 19.4 Å². The van der Waals surface area contributed by atoms with Gasteiger partial charge >= 0.3 is 7.60 Å². The van der Waals surface area contributed by atoms with Crippen LogP contribution in [-0.2, 0) is 19.8 Å². The zero-order valence-corrected chi connectivity index (χ0v) is 17.1. The van der Waals surface area contributed by atoms with Crippen LogP contribution in [0.1, 0.15) is 30.5 Å². The van der Waals surface area contributed by atoms with Crippen molar-refractivity contribution in [3.63, 3.8) is 0 Å². The van der Waals surface area contributed by atoms with E-state index in [0.717, 1.165) is 21.2 Å². The van der Waals surface area contributed by atoms with E-state index in [1.54, 1.807) is 0 Å². The molecule has 0 unspecified atom stereocenters. The molecule has 5 heteroatoms. The van der Waals surface area contributed by atoms with E-state index >= 15 is 0 Å². The van der Waals surface area contributed by atoms with Crippen LogP contribution in [0.5, 0.6) is 0 Å². The smallest absolute Gasteiger partial charge is 0.309 e. The summed E-state index contributed by atoms with van der Waals surface area (Å²) >= 11 is 3.55. The molecule has 2 aromatic rings. The van der Waals surface area contributed by atoms with Gasteiger partial charge in [0.1, 0.15) is 0 Å².